The van der Waals surface area contributed by atoms with E-state index in [2.05, 4.69) is 13.8 Å². The zero-order valence-corrected chi connectivity index (χ0v) is 16.7. The highest BCUT2D eigenvalue weighted by Crippen LogP contribution is 2.47. The normalized spacial score (nSPS) is 46.1. The van der Waals surface area contributed by atoms with Crippen LogP contribution < -0.4 is 0 Å². The molecule has 3 saturated heterocycles. The molecule has 5 heteroatoms. The molecule has 0 aromatic carbocycles. The summed E-state index contributed by atoms with van der Waals surface area (Å²) >= 11 is 0. The van der Waals surface area contributed by atoms with Crippen molar-refractivity contribution >= 4 is 0 Å². The van der Waals surface area contributed by atoms with Crippen LogP contribution in [0.4, 0.5) is 0 Å². The second kappa shape index (κ2) is 6.16. The molecule has 25 heavy (non-hydrogen) atoms. The molecule has 0 aliphatic carbocycles. The molecule has 5 nitrogen and oxygen atoms in total. The van der Waals surface area contributed by atoms with Crippen LogP contribution in [0.3, 0.4) is 0 Å². The molecule has 0 radical (unpaired) electrons. The lowest BCUT2D eigenvalue weighted by atomic mass is 9.90. The van der Waals surface area contributed by atoms with Gasteiger partial charge in [0.1, 0.15) is 0 Å². The second-order valence-electron chi connectivity index (χ2n) is 9.91. The van der Waals surface area contributed by atoms with Gasteiger partial charge in [-0.2, -0.15) is 0 Å². The SMILES string of the molecule is CC(C)(O)[C@@H]1CC[C@](C)([C@H]2CC[C@H]([C@@]3(C)CC[C@@H](C(C)(C)O)O3)O2)O1. The highest BCUT2D eigenvalue weighted by Gasteiger charge is 2.54. The summed E-state index contributed by atoms with van der Waals surface area (Å²) in [4.78, 5) is 0. The van der Waals surface area contributed by atoms with E-state index in [0.29, 0.717) is 0 Å². The zero-order valence-electron chi connectivity index (χ0n) is 16.7. The van der Waals surface area contributed by atoms with Gasteiger partial charge in [-0.05, 0) is 80.1 Å². The summed E-state index contributed by atoms with van der Waals surface area (Å²) in [5.74, 6) is 0. The van der Waals surface area contributed by atoms with Crippen molar-refractivity contribution in [3.05, 3.63) is 0 Å². The van der Waals surface area contributed by atoms with E-state index in [0.717, 1.165) is 38.5 Å². The van der Waals surface area contributed by atoms with E-state index in [1.807, 2.05) is 27.7 Å². The predicted octanol–water partition coefficient (Wildman–Crippen LogP) is 2.95. The van der Waals surface area contributed by atoms with Gasteiger partial charge in [-0.15, -0.1) is 0 Å². The Morgan fingerprint density at radius 3 is 1.36 bits per heavy atom. The van der Waals surface area contributed by atoms with Crippen LogP contribution in [0.1, 0.15) is 80.1 Å². The van der Waals surface area contributed by atoms with Crippen molar-refractivity contribution in [1.82, 2.24) is 0 Å². The smallest absolute Gasteiger partial charge is 0.0921 e. The molecule has 0 unspecified atom stereocenters. The van der Waals surface area contributed by atoms with E-state index < -0.39 is 11.2 Å². The average Bonchev–Trinajstić information content (AvgIpc) is 3.14. The van der Waals surface area contributed by atoms with Gasteiger partial charge >= 0.3 is 0 Å². The maximum atomic E-state index is 10.3. The molecule has 0 saturated carbocycles. The number of rotatable bonds is 4. The van der Waals surface area contributed by atoms with E-state index in [4.69, 9.17) is 14.2 Å². The standard InChI is InChI=1S/C20H36O5/c1-17(2,21)13-9-11-19(5,24-13)15-7-8-16(23-15)20(6)12-10-14(25-20)18(3,4)22/h13-16,21-22H,7-12H2,1-6H3/t13-,14-,15+,16+,19+,20+/m0/s1. The number of ether oxygens (including phenoxy) is 3. The van der Waals surface area contributed by atoms with Crippen molar-refractivity contribution in [3.63, 3.8) is 0 Å². The summed E-state index contributed by atoms with van der Waals surface area (Å²) in [6.07, 6.45) is 5.22. The van der Waals surface area contributed by atoms with Gasteiger partial charge in [0.05, 0.1) is 46.8 Å². The van der Waals surface area contributed by atoms with Crippen LogP contribution in [0.25, 0.3) is 0 Å². The van der Waals surface area contributed by atoms with Crippen molar-refractivity contribution in [3.8, 4) is 0 Å². The quantitative estimate of drug-likeness (QED) is 0.811. The van der Waals surface area contributed by atoms with Crippen molar-refractivity contribution in [2.45, 2.75) is 127 Å². The van der Waals surface area contributed by atoms with Crippen molar-refractivity contribution < 1.29 is 24.4 Å². The molecular formula is C20H36O5. The third-order valence-corrected chi connectivity index (χ3v) is 6.59. The lowest BCUT2D eigenvalue weighted by molar-refractivity contribution is -0.195. The van der Waals surface area contributed by atoms with E-state index in [-0.39, 0.29) is 35.6 Å². The summed E-state index contributed by atoms with van der Waals surface area (Å²) in [6, 6.07) is 0. The Balaban J connectivity index is 1.63. The average molecular weight is 357 g/mol. The molecular weight excluding hydrogens is 320 g/mol. The Hall–Kier alpha value is -0.200. The maximum Gasteiger partial charge on any atom is 0.0921 e. The van der Waals surface area contributed by atoms with Gasteiger partial charge in [-0.3, -0.25) is 0 Å². The van der Waals surface area contributed by atoms with Crippen LogP contribution in [0.2, 0.25) is 0 Å². The number of hydrogen-bond acceptors (Lipinski definition) is 5. The highest BCUT2D eigenvalue weighted by molar-refractivity contribution is 5.03. The summed E-state index contributed by atoms with van der Waals surface area (Å²) in [6.45, 7) is 11.5. The van der Waals surface area contributed by atoms with Gasteiger partial charge in [-0.1, -0.05) is 0 Å². The van der Waals surface area contributed by atoms with Gasteiger partial charge in [0.15, 0.2) is 0 Å². The first-order valence-electron chi connectivity index (χ1n) is 9.79. The topological polar surface area (TPSA) is 68.2 Å². The molecule has 146 valence electrons. The van der Waals surface area contributed by atoms with Crippen molar-refractivity contribution in [2.24, 2.45) is 0 Å². The zero-order chi connectivity index (χ0) is 18.7. The van der Waals surface area contributed by atoms with Crippen molar-refractivity contribution in [2.75, 3.05) is 0 Å². The molecule has 2 N–H and O–H groups in total. The summed E-state index contributed by atoms with van der Waals surface area (Å²) in [7, 11) is 0. The Kier molecular flexibility index (Phi) is 4.82. The van der Waals surface area contributed by atoms with Crippen LogP contribution in [-0.2, 0) is 14.2 Å². The minimum Gasteiger partial charge on any atom is -0.388 e. The molecule has 0 amide bonds. The summed E-state index contributed by atoms with van der Waals surface area (Å²) in [5.41, 5.74) is -2.33. The van der Waals surface area contributed by atoms with E-state index in [1.54, 1.807) is 0 Å². The third-order valence-electron chi connectivity index (χ3n) is 6.59. The molecule has 0 bridgehead atoms. The fraction of sp³-hybridized carbons (Fsp3) is 1.00. The van der Waals surface area contributed by atoms with Crippen LogP contribution in [-0.4, -0.2) is 57.0 Å². The molecule has 0 spiro atoms. The molecule has 3 fully saturated rings. The molecule has 6 atom stereocenters. The van der Waals surface area contributed by atoms with Gasteiger partial charge in [-0.25, -0.2) is 0 Å². The molecule has 0 aromatic heterocycles. The van der Waals surface area contributed by atoms with E-state index in [9.17, 15) is 10.2 Å². The fourth-order valence-electron chi connectivity index (χ4n) is 4.73. The van der Waals surface area contributed by atoms with Crippen LogP contribution in [0.15, 0.2) is 0 Å². The predicted molar refractivity (Wildman–Crippen MR) is 95.5 cm³/mol. The Morgan fingerprint density at radius 1 is 0.720 bits per heavy atom. The Bertz CT molecular complexity index is 449. The van der Waals surface area contributed by atoms with Gasteiger partial charge < -0.3 is 24.4 Å². The minimum atomic E-state index is -0.823. The fourth-order valence-corrected chi connectivity index (χ4v) is 4.73. The second-order valence-corrected chi connectivity index (χ2v) is 9.91. The van der Waals surface area contributed by atoms with Gasteiger partial charge in [0.25, 0.3) is 0 Å². The molecule has 3 aliphatic heterocycles. The number of aliphatic hydroxyl groups is 2. The number of hydrogen-bond donors (Lipinski definition) is 2. The monoisotopic (exact) mass is 356 g/mol. The van der Waals surface area contributed by atoms with E-state index >= 15 is 0 Å². The Morgan fingerprint density at radius 2 is 1.08 bits per heavy atom. The Labute approximate surface area is 152 Å². The molecule has 3 rings (SSSR count). The molecule has 3 aliphatic rings. The van der Waals surface area contributed by atoms with Crippen LogP contribution >= 0.6 is 0 Å². The van der Waals surface area contributed by atoms with Crippen molar-refractivity contribution in [1.29, 1.82) is 0 Å². The molecule has 0 aromatic rings. The lowest BCUT2D eigenvalue weighted by Gasteiger charge is -2.37. The van der Waals surface area contributed by atoms with E-state index in [1.165, 1.54) is 0 Å². The third kappa shape index (κ3) is 3.77. The largest absolute Gasteiger partial charge is 0.388 e. The van der Waals surface area contributed by atoms with Crippen LogP contribution in [0.5, 0.6) is 0 Å². The molecule has 3 heterocycles. The minimum absolute atomic E-state index is 0.0338. The summed E-state index contributed by atoms with van der Waals surface area (Å²) < 4.78 is 19.0. The van der Waals surface area contributed by atoms with Crippen LogP contribution in [0, 0.1) is 0 Å². The summed E-state index contributed by atoms with van der Waals surface area (Å²) in [5, 5.41) is 20.5. The van der Waals surface area contributed by atoms with Gasteiger partial charge in [0.2, 0.25) is 0 Å². The highest BCUT2D eigenvalue weighted by atomic mass is 16.6. The van der Waals surface area contributed by atoms with Gasteiger partial charge in [0, 0.05) is 0 Å². The lowest BCUT2D eigenvalue weighted by Crippen LogP contribution is -2.46. The maximum absolute atomic E-state index is 10.3. The first kappa shape index (κ1) is 19.6. The first-order chi connectivity index (χ1) is 11.3. The first-order valence-corrected chi connectivity index (χ1v) is 9.79.